The number of ether oxygens (including phenoxy) is 1. The summed E-state index contributed by atoms with van der Waals surface area (Å²) >= 11 is 7.53. The number of aryl methyl sites for hydroxylation is 2. The molecule has 1 N–H and O–H groups in total. The van der Waals surface area contributed by atoms with Gasteiger partial charge in [-0.25, -0.2) is 0 Å². The van der Waals surface area contributed by atoms with Gasteiger partial charge in [-0.2, -0.15) is 0 Å². The summed E-state index contributed by atoms with van der Waals surface area (Å²) in [7, 11) is 1.55. The van der Waals surface area contributed by atoms with Crippen molar-refractivity contribution in [3.8, 4) is 5.75 Å². The molecule has 8 heteroatoms. The average molecular weight is 381 g/mol. The van der Waals surface area contributed by atoms with E-state index >= 15 is 0 Å². The van der Waals surface area contributed by atoms with Crippen LogP contribution >= 0.6 is 23.4 Å². The Kier molecular flexibility index (Phi) is 5.24. The number of hydrogen-bond donors (Lipinski definition) is 1. The molecule has 134 valence electrons. The van der Waals surface area contributed by atoms with Crippen molar-refractivity contribution in [3.05, 3.63) is 28.5 Å². The van der Waals surface area contributed by atoms with E-state index in [-0.39, 0.29) is 11.2 Å². The number of nitrogens with one attached hydrogen (secondary N) is 1. The van der Waals surface area contributed by atoms with Crippen molar-refractivity contribution < 1.29 is 9.53 Å². The summed E-state index contributed by atoms with van der Waals surface area (Å²) in [5, 5.41) is 12.4. The molecule has 1 amide bonds. The van der Waals surface area contributed by atoms with Gasteiger partial charge in [0.1, 0.15) is 11.6 Å². The van der Waals surface area contributed by atoms with Crippen molar-refractivity contribution in [1.82, 2.24) is 14.8 Å². The molecule has 6 nitrogen and oxygen atoms in total. The predicted molar refractivity (Wildman–Crippen MR) is 99.7 cm³/mol. The SMILES string of the molecule is COc1cc(Cl)c(C)cc1NC(=O)[C@@H](C)Sc1nnc(C)n1C1CC1. The molecule has 0 saturated heterocycles. The summed E-state index contributed by atoms with van der Waals surface area (Å²) in [6.07, 6.45) is 2.29. The van der Waals surface area contributed by atoms with Crippen molar-refractivity contribution in [2.45, 2.75) is 50.1 Å². The second kappa shape index (κ2) is 7.25. The molecule has 1 fully saturated rings. The van der Waals surface area contributed by atoms with Gasteiger partial charge >= 0.3 is 0 Å². The van der Waals surface area contributed by atoms with Crippen LogP contribution in [0, 0.1) is 13.8 Å². The second-order valence-electron chi connectivity index (χ2n) is 6.18. The van der Waals surface area contributed by atoms with Crippen molar-refractivity contribution in [2.75, 3.05) is 12.4 Å². The largest absolute Gasteiger partial charge is 0.495 e. The van der Waals surface area contributed by atoms with Crippen LogP contribution in [-0.2, 0) is 4.79 Å². The number of amides is 1. The fraction of sp³-hybridized carbons (Fsp3) is 0.471. The van der Waals surface area contributed by atoms with E-state index in [1.54, 1.807) is 13.2 Å². The minimum atomic E-state index is -0.318. The van der Waals surface area contributed by atoms with Gasteiger partial charge in [-0.05, 0) is 45.2 Å². The molecule has 2 aromatic rings. The number of nitrogens with zero attached hydrogens (tertiary/aromatic N) is 3. The zero-order valence-corrected chi connectivity index (χ0v) is 16.2. The monoisotopic (exact) mass is 380 g/mol. The number of aromatic nitrogens is 3. The quantitative estimate of drug-likeness (QED) is 0.767. The van der Waals surface area contributed by atoms with E-state index in [1.165, 1.54) is 11.8 Å². The topological polar surface area (TPSA) is 69.0 Å². The third-order valence-electron chi connectivity index (χ3n) is 4.14. The molecule has 1 saturated carbocycles. The Morgan fingerprint density at radius 1 is 1.40 bits per heavy atom. The van der Waals surface area contributed by atoms with Crippen LogP contribution in [-0.4, -0.2) is 33.0 Å². The number of anilines is 1. The van der Waals surface area contributed by atoms with Crippen molar-refractivity contribution in [2.24, 2.45) is 0 Å². The highest BCUT2D eigenvalue weighted by Gasteiger charge is 2.30. The summed E-state index contributed by atoms with van der Waals surface area (Å²) in [5.41, 5.74) is 1.49. The summed E-state index contributed by atoms with van der Waals surface area (Å²) in [4.78, 5) is 12.6. The number of methoxy groups -OCH3 is 1. The van der Waals surface area contributed by atoms with Crippen LogP contribution in [0.1, 0.15) is 37.2 Å². The Bertz CT molecular complexity index is 804. The van der Waals surface area contributed by atoms with Gasteiger partial charge in [-0.1, -0.05) is 23.4 Å². The molecule has 3 rings (SSSR count). The Hall–Kier alpha value is -1.73. The fourth-order valence-electron chi connectivity index (χ4n) is 2.56. The Balaban J connectivity index is 1.72. The number of benzene rings is 1. The van der Waals surface area contributed by atoms with Gasteiger partial charge in [0.25, 0.3) is 0 Å². The van der Waals surface area contributed by atoms with Crippen LogP contribution in [0.15, 0.2) is 17.3 Å². The Morgan fingerprint density at radius 2 is 2.12 bits per heavy atom. The number of thioether (sulfide) groups is 1. The maximum atomic E-state index is 12.6. The summed E-state index contributed by atoms with van der Waals surface area (Å²) in [5.74, 6) is 1.32. The van der Waals surface area contributed by atoms with Crippen LogP contribution in [0.2, 0.25) is 5.02 Å². The molecular formula is C17H21ClN4O2S. The maximum Gasteiger partial charge on any atom is 0.237 e. The molecule has 0 bridgehead atoms. The first-order valence-electron chi connectivity index (χ1n) is 8.14. The van der Waals surface area contributed by atoms with E-state index in [0.717, 1.165) is 29.4 Å². The predicted octanol–water partition coefficient (Wildman–Crippen LogP) is 4.01. The minimum absolute atomic E-state index is 0.118. The van der Waals surface area contributed by atoms with E-state index < -0.39 is 0 Å². The lowest BCUT2D eigenvalue weighted by molar-refractivity contribution is -0.115. The van der Waals surface area contributed by atoms with Crippen LogP contribution in [0.3, 0.4) is 0 Å². The molecule has 0 unspecified atom stereocenters. The number of carbonyl (C=O) groups excluding carboxylic acids is 1. The molecule has 25 heavy (non-hydrogen) atoms. The summed E-state index contributed by atoms with van der Waals surface area (Å²) in [6.45, 7) is 5.69. The van der Waals surface area contributed by atoms with Crippen LogP contribution < -0.4 is 10.1 Å². The zero-order chi connectivity index (χ0) is 18.1. The number of hydrogen-bond acceptors (Lipinski definition) is 5. The highest BCUT2D eigenvalue weighted by Crippen LogP contribution is 2.39. The lowest BCUT2D eigenvalue weighted by Crippen LogP contribution is -2.23. The van der Waals surface area contributed by atoms with Gasteiger partial charge in [-0.15, -0.1) is 10.2 Å². The normalized spacial score (nSPS) is 15.1. The molecule has 0 spiro atoms. The molecular weight excluding hydrogens is 360 g/mol. The van der Waals surface area contributed by atoms with Gasteiger partial charge in [0.2, 0.25) is 5.91 Å². The maximum absolute atomic E-state index is 12.6. The zero-order valence-electron chi connectivity index (χ0n) is 14.7. The lowest BCUT2D eigenvalue weighted by Gasteiger charge is -2.15. The van der Waals surface area contributed by atoms with Gasteiger partial charge in [0.05, 0.1) is 18.0 Å². The fourth-order valence-corrected chi connectivity index (χ4v) is 3.68. The van der Waals surface area contributed by atoms with Gasteiger partial charge in [0, 0.05) is 17.1 Å². The van der Waals surface area contributed by atoms with E-state index in [0.29, 0.717) is 22.5 Å². The number of carbonyl (C=O) groups is 1. The molecule has 1 aromatic carbocycles. The Labute approximate surface area is 156 Å². The van der Waals surface area contributed by atoms with Crippen molar-refractivity contribution in [3.63, 3.8) is 0 Å². The van der Waals surface area contributed by atoms with E-state index in [1.807, 2.05) is 26.8 Å². The van der Waals surface area contributed by atoms with Crippen LogP contribution in [0.4, 0.5) is 5.69 Å². The highest BCUT2D eigenvalue weighted by atomic mass is 35.5. The third-order valence-corrected chi connectivity index (χ3v) is 5.60. The van der Waals surface area contributed by atoms with Crippen molar-refractivity contribution >= 4 is 35.0 Å². The van der Waals surface area contributed by atoms with Gasteiger partial charge in [0.15, 0.2) is 5.16 Å². The highest BCUT2D eigenvalue weighted by molar-refractivity contribution is 8.00. The summed E-state index contributed by atoms with van der Waals surface area (Å²) in [6, 6.07) is 4.00. The minimum Gasteiger partial charge on any atom is -0.495 e. The molecule has 1 heterocycles. The Morgan fingerprint density at radius 3 is 2.76 bits per heavy atom. The van der Waals surface area contributed by atoms with Gasteiger partial charge < -0.3 is 14.6 Å². The standard InChI is InChI=1S/C17H21ClN4O2S/c1-9-7-14(15(24-4)8-13(9)18)19-16(23)10(2)25-17-21-20-11(3)22(17)12-5-6-12/h7-8,10,12H,5-6H2,1-4H3,(H,19,23)/t10-/m1/s1. The molecule has 0 radical (unpaired) electrons. The van der Waals surface area contributed by atoms with Crippen molar-refractivity contribution in [1.29, 1.82) is 0 Å². The second-order valence-corrected chi connectivity index (χ2v) is 7.90. The first-order valence-corrected chi connectivity index (χ1v) is 9.39. The van der Waals surface area contributed by atoms with Gasteiger partial charge in [-0.3, -0.25) is 4.79 Å². The first kappa shape index (κ1) is 18.1. The smallest absolute Gasteiger partial charge is 0.237 e. The van der Waals surface area contributed by atoms with Crippen LogP contribution in [0.25, 0.3) is 0 Å². The average Bonchev–Trinajstić information content (AvgIpc) is 3.34. The lowest BCUT2D eigenvalue weighted by atomic mass is 10.2. The molecule has 0 aliphatic heterocycles. The van der Waals surface area contributed by atoms with Crippen LogP contribution in [0.5, 0.6) is 5.75 Å². The number of rotatable bonds is 6. The molecule has 1 atom stereocenters. The summed E-state index contributed by atoms with van der Waals surface area (Å²) < 4.78 is 7.44. The van der Waals surface area contributed by atoms with E-state index in [9.17, 15) is 4.79 Å². The van der Waals surface area contributed by atoms with E-state index in [2.05, 4.69) is 20.1 Å². The molecule has 1 aliphatic rings. The third kappa shape index (κ3) is 3.93. The molecule has 1 aromatic heterocycles. The van der Waals surface area contributed by atoms with E-state index in [4.69, 9.17) is 16.3 Å². The first-order chi connectivity index (χ1) is 11.9. The molecule has 1 aliphatic carbocycles. The number of halogens is 1.